The van der Waals surface area contributed by atoms with Crippen molar-refractivity contribution in [1.29, 1.82) is 0 Å². The number of ether oxygens (including phenoxy) is 1. The number of nitrogens with two attached hydrogens (primary N) is 1. The first-order valence-corrected chi connectivity index (χ1v) is 5.86. The maximum atomic E-state index is 11.7. The average Bonchev–Trinajstić information content (AvgIpc) is 2.37. The van der Waals surface area contributed by atoms with Crippen molar-refractivity contribution in [3.63, 3.8) is 0 Å². The summed E-state index contributed by atoms with van der Waals surface area (Å²) in [5.41, 5.74) is 6.82. The van der Waals surface area contributed by atoms with Crippen molar-refractivity contribution in [2.24, 2.45) is 5.73 Å². The maximum absolute atomic E-state index is 11.7. The molecule has 0 aliphatic heterocycles. The molecule has 0 spiro atoms. The molecule has 2 rings (SSSR count). The van der Waals surface area contributed by atoms with E-state index in [2.05, 4.69) is 4.98 Å². The predicted octanol–water partition coefficient (Wildman–Crippen LogP) is 2.07. The van der Waals surface area contributed by atoms with E-state index in [1.807, 2.05) is 12.1 Å². The van der Waals surface area contributed by atoms with Gasteiger partial charge in [0.1, 0.15) is 6.61 Å². The first-order chi connectivity index (χ1) is 8.69. The van der Waals surface area contributed by atoms with E-state index in [1.165, 1.54) is 12.3 Å². The van der Waals surface area contributed by atoms with Crippen LogP contribution in [0.4, 0.5) is 0 Å². The van der Waals surface area contributed by atoms with Crippen LogP contribution in [0.5, 0.6) is 5.75 Å². The Labute approximate surface area is 109 Å². The first-order valence-electron chi connectivity index (χ1n) is 5.48. The van der Waals surface area contributed by atoms with Crippen LogP contribution in [-0.2, 0) is 13.2 Å². The van der Waals surface area contributed by atoms with E-state index < -0.39 is 0 Å². The van der Waals surface area contributed by atoms with Crippen LogP contribution in [0.2, 0.25) is 5.02 Å². The molecule has 5 heteroatoms. The molecule has 0 saturated heterocycles. The smallest absolute Gasteiger partial charge is 0.223 e. The topological polar surface area (TPSA) is 68.1 Å². The Morgan fingerprint density at radius 1 is 1.33 bits per heavy atom. The van der Waals surface area contributed by atoms with Crippen LogP contribution in [0, 0.1) is 0 Å². The highest BCUT2D eigenvalue weighted by atomic mass is 35.5. The number of aromatic nitrogens is 1. The van der Waals surface area contributed by atoms with Crippen LogP contribution >= 0.6 is 11.6 Å². The number of rotatable bonds is 4. The fourth-order valence-electron chi connectivity index (χ4n) is 1.52. The van der Waals surface area contributed by atoms with Crippen molar-refractivity contribution in [2.45, 2.75) is 13.2 Å². The van der Waals surface area contributed by atoms with E-state index in [1.54, 1.807) is 12.1 Å². The predicted molar refractivity (Wildman–Crippen MR) is 70.7 cm³/mol. The summed E-state index contributed by atoms with van der Waals surface area (Å²) in [4.78, 5) is 14.6. The van der Waals surface area contributed by atoms with Crippen LogP contribution in [-0.4, -0.2) is 4.98 Å². The van der Waals surface area contributed by atoms with Gasteiger partial charge in [0.2, 0.25) is 5.43 Å². The molecular formula is C13H13ClN2O2. The Kier molecular flexibility index (Phi) is 4.02. The summed E-state index contributed by atoms with van der Waals surface area (Å²) in [5, 5.41) is 0.642. The van der Waals surface area contributed by atoms with E-state index in [0.29, 0.717) is 23.9 Å². The van der Waals surface area contributed by atoms with Crippen LogP contribution in [0.25, 0.3) is 0 Å². The summed E-state index contributed by atoms with van der Waals surface area (Å²) in [6.45, 7) is 0.593. The summed E-state index contributed by atoms with van der Waals surface area (Å²) in [5.74, 6) is 0.271. The van der Waals surface area contributed by atoms with E-state index in [9.17, 15) is 4.79 Å². The van der Waals surface area contributed by atoms with Crippen LogP contribution < -0.4 is 15.9 Å². The summed E-state index contributed by atoms with van der Waals surface area (Å²) in [6.07, 6.45) is 1.52. The standard InChI is InChI=1S/C13H13ClN2O2/c14-10-3-1-2-9(4-10)8-18-13-7-16-11(6-15)5-12(13)17/h1-5,7H,6,8,15H2,(H,16,17). The molecule has 1 aromatic carbocycles. The molecule has 18 heavy (non-hydrogen) atoms. The summed E-state index contributed by atoms with van der Waals surface area (Å²) in [7, 11) is 0. The van der Waals surface area contributed by atoms with Gasteiger partial charge < -0.3 is 15.5 Å². The van der Waals surface area contributed by atoms with Crippen molar-refractivity contribution in [2.75, 3.05) is 0 Å². The van der Waals surface area contributed by atoms with Gasteiger partial charge in [-0.25, -0.2) is 0 Å². The van der Waals surface area contributed by atoms with E-state index >= 15 is 0 Å². The van der Waals surface area contributed by atoms with Crippen LogP contribution in [0.1, 0.15) is 11.3 Å². The third kappa shape index (κ3) is 3.12. The normalized spacial score (nSPS) is 10.3. The SMILES string of the molecule is NCc1cc(=O)c(OCc2cccc(Cl)c2)c[nH]1. The third-order valence-electron chi connectivity index (χ3n) is 2.44. The van der Waals surface area contributed by atoms with Gasteiger partial charge in [-0.2, -0.15) is 0 Å². The van der Waals surface area contributed by atoms with Crippen LogP contribution in [0.3, 0.4) is 0 Å². The number of pyridine rings is 1. The lowest BCUT2D eigenvalue weighted by atomic mass is 10.2. The summed E-state index contributed by atoms with van der Waals surface area (Å²) >= 11 is 5.86. The number of nitrogens with one attached hydrogen (secondary N) is 1. The molecule has 0 bridgehead atoms. The quantitative estimate of drug-likeness (QED) is 0.888. The van der Waals surface area contributed by atoms with Crippen molar-refractivity contribution in [3.8, 4) is 5.75 Å². The second-order valence-corrected chi connectivity index (χ2v) is 4.25. The lowest BCUT2D eigenvalue weighted by Gasteiger charge is -2.06. The van der Waals surface area contributed by atoms with Gasteiger partial charge >= 0.3 is 0 Å². The third-order valence-corrected chi connectivity index (χ3v) is 2.68. The summed E-state index contributed by atoms with van der Waals surface area (Å²) in [6, 6.07) is 8.74. The Hall–Kier alpha value is -1.78. The van der Waals surface area contributed by atoms with E-state index in [0.717, 1.165) is 5.56 Å². The fourth-order valence-corrected chi connectivity index (χ4v) is 1.73. The molecule has 0 saturated carbocycles. The second-order valence-electron chi connectivity index (χ2n) is 3.81. The number of H-pyrrole nitrogens is 1. The zero-order valence-corrected chi connectivity index (χ0v) is 10.4. The molecule has 0 amide bonds. The Balaban J connectivity index is 2.09. The minimum absolute atomic E-state index is 0.184. The van der Waals surface area contributed by atoms with Gasteiger partial charge in [-0.3, -0.25) is 4.79 Å². The van der Waals surface area contributed by atoms with Gasteiger partial charge in [0.25, 0.3) is 0 Å². The molecule has 0 fully saturated rings. The second kappa shape index (κ2) is 5.71. The lowest BCUT2D eigenvalue weighted by molar-refractivity contribution is 0.302. The van der Waals surface area contributed by atoms with Crippen molar-refractivity contribution in [1.82, 2.24) is 4.98 Å². The summed E-state index contributed by atoms with van der Waals surface area (Å²) < 4.78 is 5.43. The molecule has 0 atom stereocenters. The zero-order chi connectivity index (χ0) is 13.0. The number of benzene rings is 1. The molecule has 0 unspecified atom stereocenters. The molecule has 0 aliphatic rings. The molecule has 1 aromatic heterocycles. The molecule has 1 heterocycles. The van der Waals surface area contributed by atoms with Gasteiger partial charge in [0, 0.05) is 29.5 Å². The number of halogens is 1. The maximum Gasteiger partial charge on any atom is 0.223 e. The average molecular weight is 265 g/mol. The molecule has 94 valence electrons. The van der Waals surface area contributed by atoms with E-state index in [-0.39, 0.29) is 11.2 Å². The minimum Gasteiger partial charge on any atom is -0.483 e. The van der Waals surface area contributed by atoms with Crippen molar-refractivity contribution in [3.05, 3.63) is 63.0 Å². The van der Waals surface area contributed by atoms with Gasteiger partial charge in [0.15, 0.2) is 5.75 Å². The van der Waals surface area contributed by atoms with Crippen molar-refractivity contribution >= 4 is 11.6 Å². The Bertz CT molecular complexity index is 596. The molecule has 0 aliphatic carbocycles. The highest BCUT2D eigenvalue weighted by Gasteiger charge is 2.02. The van der Waals surface area contributed by atoms with E-state index in [4.69, 9.17) is 22.1 Å². The molecule has 4 nitrogen and oxygen atoms in total. The number of hydrogen-bond acceptors (Lipinski definition) is 3. The Morgan fingerprint density at radius 3 is 2.83 bits per heavy atom. The first kappa shape index (κ1) is 12.7. The van der Waals surface area contributed by atoms with Crippen molar-refractivity contribution < 1.29 is 4.74 Å². The molecular weight excluding hydrogens is 252 g/mol. The number of aromatic amines is 1. The molecule has 3 N–H and O–H groups in total. The van der Waals surface area contributed by atoms with Gasteiger partial charge in [0.05, 0.1) is 0 Å². The van der Waals surface area contributed by atoms with Gasteiger partial charge in [-0.05, 0) is 17.7 Å². The highest BCUT2D eigenvalue weighted by molar-refractivity contribution is 6.30. The largest absolute Gasteiger partial charge is 0.483 e. The van der Waals surface area contributed by atoms with Gasteiger partial charge in [-0.15, -0.1) is 0 Å². The zero-order valence-electron chi connectivity index (χ0n) is 9.65. The lowest BCUT2D eigenvalue weighted by Crippen LogP contribution is -2.11. The monoisotopic (exact) mass is 264 g/mol. The van der Waals surface area contributed by atoms with Crippen LogP contribution in [0.15, 0.2) is 41.3 Å². The molecule has 0 radical (unpaired) electrons. The Morgan fingerprint density at radius 2 is 2.17 bits per heavy atom. The highest BCUT2D eigenvalue weighted by Crippen LogP contribution is 2.12. The minimum atomic E-state index is -0.184. The van der Waals surface area contributed by atoms with Gasteiger partial charge in [-0.1, -0.05) is 23.7 Å². The number of hydrogen-bond donors (Lipinski definition) is 2. The fraction of sp³-hybridized carbons (Fsp3) is 0.154. The molecule has 2 aromatic rings.